The van der Waals surface area contributed by atoms with Crippen molar-refractivity contribution in [3.8, 4) is 0 Å². The fourth-order valence-corrected chi connectivity index (χ4v) is 1.21. The highest BCUT2D eigenvalue weighted by atomic mass is 16.1. The average molecular weight is 188 g/mol. The second-order valence-corrected chi connectivity index (χ2v) is 4.03. The zero-order chi connectivity index (χ0) is 10.8. The van der Waals surface area contributed by atoms with Crippen LogP contribution >= 0.6 is 0 Å². The second-order valence-electron chi connectivity index (χ2n) is 4.03. The van der Waals surface area contributed by atoms with Crippen LogP contribution < -0.4 is 0 Å². The topological polar surface area (TPSA) is 17.1 Å². The largest absolute Gasteiger partial charge is 0.299 e. The monoisotopic (exact) mass is 188 g/mol. The van der Waals surface area contributed by atoms with Crippen molar-refractivity contribution in [3.05, 3.63) is 42.5 Å². The van der Waals surface area contributed by atoms with Crippen molar-refractivity contribution in [2.75, 3.05) is 0 Å². The first-order chi connectivity index (χ1) is 6.46. The summed E-state index contributed by atoms with van der Waals surface area (Å²) >= 11 is 0. The maximum atomic E-state index is 11.4. The fourth-order valence-electron chi connectivity index (χ4n) is 1.21. The lowest BCUT2D eigenvalue weighted by molar-refractivity contribution is -0.122. The number of rotatable bonds is 3. The Labute approximate surface area is 85.5 Å². The number of benzene rings is 1. The zero-order valence-corrected chi connectivity index (χ0v) is 9.00. The predicted molar refractivity (Wildman–Crippen MR) is 59.9 cm³/mol. The van der Waals surface area contributed by atoms with Gasteiger partial charge in [0.05, 0.1) is 0 Å². The molecule has 74 valence electrons. The van der Waals surface area contributed by atoms with E-state index in [1.807, 2.05) is 44.2 Å². The number of ketones is 1. The Bertz CT molecular complexity index is 347. The molecule has 0 radical (unpaired) electrons. The molecule has 0 saturated heterocycles. The van der Waals surface area contributed by atoms with E-state index < -0.39 is 5.41 Å². The molecule has 0 N–H and O–H groups in total. The molecule has 0 spiro atoms. The van der Waals surface area contributed by atoms with Crippen LogP contribution in [0.1, 0.15) is 26.3 Å². The van der Waals surface area contributed by atoms with E-state index in [-0.39, 0.29) is 5.78 Å². The summed E-state index contributed by atoms with van der Waals surface area (Å²) in [6.07, 6.45) is 0. The molecule has 0 aliphatic heterocycles. The van der Waals surface area contributed by atoms with E-state index >= 15 is 0 Å². The molecule has 0 saturated carbocycles. The molecule has 1 rings (SSSR count). The van der Waals surface area contributed by atoms with E-state index in [1.165, 1.54) is 0 Å². The molecule has 0 heterocycles. The number of hydrogen-bond acceptors (Lipinski definition) is 1. The van der Waals surface area contributed by atoms with E-state index in [1.54, 1.807) is 6.92 Å². The van der Waals surface area contributed by atoms with Crippen LogP contribution in [0.4, 0.5) is 0 Å². The van der Waals surface area contributed by atoms with Gasteiger partial charge in [0.25, 0.3) is 0 Å². The van der Waals surface area contributed by atoms with Crippen LogP contribution in [0.3, 0.4) is 0 Å². The zero-order valence-electron chi connectivity index (χ0n) is 9.00. The first kappa shape index (κ1) is 10.7. The maximum absolute atomic E-state index is 11.4. The molecule has 0 unspecified atom stereocenters. The third kappa shape index (κ3) is 1.92. The molecular weight excluding hydrogens is 172 g/mol. The lowest BCUT2D eigenvalue weighted by atomic mass is 9.78. The van der Waals surface area contributed by atoms with Gasteiger partial charge in [-0.15, -0.1) is 0 Å². The number of carbonyl (C=O) groups is 1. The average Bonchev–Trinajstić information content (AvgIpc) is 2.17. The second kappa shape index (κ2) is 3.79. The van der Waals surface area contributed by atoms with E-state index in [9.17, 15) is 4.79 Å². The lowest BCUT2D eigenvalue weighted by Crippen LogP contribution is -2.22. The van der Waals surface area contributed by atoms with Gasteiger partial charge >= 0.3 is 0 Å². The molecule has 1 aromatic rings. The molecule has 0 atom stereocenters. The summed E-state index contributed by atoms with van der Waals surface area (Å²) in [6.45, 7) is 9.42. The quantitative estimate of drug-likeness (QED) is 0.711. The van der Waals surface area contributed by atoms with E-state index in [0.29, 0.717) is 0 Å². The summed E-state index contributed by atoms with van der Waals surface area (Å²) in [6, 6.07) is 9.82. The van der Waals surface area contributed by atoms with E-state index in [2.05, 4.69) is 6.58 Å². The van der Waals surface area contributed by atoms with E-state index in [0.717, 1.165) is 11.1 Å². The van der Waals surface area contributed by atoms with Crippen molar-refractivity contribution in [1.29, 1.82) is 0 Å². The summed E-state index contributed by atoms with van der Waals surface area (Å²) in [5.74, 6) is 0.145. The van der Waals surface area contributed by atoms with Gasteiger partial charge in [-0.3, -0.25) is 4.79 Å². The normalized spacial score (nSPS) is 11.1. The van der Waals surface area contributed by atoms with Gasteiger partial charge in [0.1, 0.15) is 5.78 Å². The van der Waals surface area contributed by atoms with Crippen LogP contribution in [0.2, 0.25) is 0 Å². The minimum absolute atomic E-state index is 0.145. The highest BCUT2D eigenvalue weighted by Crippen LogP contribution is 2.33. The van der Waals surface area contributed by atoms with Gasteiger partial charge in [0, 0.05) is 5.41 Å². The lowest BCUT2D eigenvalue weighted by Gasteiger charge is -2.24. The molecule has 0 fully saturated rings. The predicted octanol–water partition coefficient (Wildman–Crippen LogP) is 3.32. The molecule has 0 aliphatic rings. The van der Waals surface area contributed by atoms with Crippen LogP contribution in [0.25, 0.3) is 5.57 Å². The molecule has 14 heavy (non-hydrogen) atoms. The molecule has 1 nitrogen and oxygen atoms in total. The SMILES string of the molecule is C=C(c1ccccc1)C(C)(C)C(C)=O. The molecule has 0 aliphatic carbocycles. The van der Waals surface area contributed by atoms with Crippen molar-refractivity contribution in [2.24, 2.45) is 5.41 Å². The van der Waals surface area contributed by atoms with Gasteiger partial charge < -0.3 is 0 Å². The first-order valence-corrected chi connectivity index (χ1v) is 4.72. The van der Waals surface area contributed by atoms with Gasteiger partial charge in [-0.05, 0) is 31.9 Å². The summed E-state index contributed by atoms with van der Waals surface area (Å²) in [5, 5.41) is 0. The van der Waals surface area contributed by atoms with Gasteiger partial charge in [-0.25, -0.2) is 0 Å². The van der Waals surface area contributed by atoms with Gasteiger partial charge in [-0.1, -0.05) is 36.9 Å². The molecule has 0 aromatic heterocycles. The smallest absolute Gasteiger partial charge is 0.139 e. The van der Waals surface area contributed by atoms with Crippen molar-refractivity contribution < 1.29 is 4.79 Å². The molecule has 1 aromatic carbocycles. The minimum Gasteiger partial charge on any atom is -0.299 e. The number of Topliss-reactive ketones (excluding diaryl/α,β-unsaturated/α-hetero) is 1. The van der Waals surface area contributed by atoms with Crippen molar-refractivity contribution in [3.63, 3.8) is 0 Å². The standard InChI is InChI=1S/C13H16O/c1-10(13(3,4)11(2)14)12-8-6-5-7-9-12/h5-9H,1H2,2-4H3. The number of hydrogen-bond donors (Lipinski definition) is 0. The Morgan fingerprint density at radius 1 is 1.21 bits per heavy atom. The third-order valence-electron chi connectivity index (χ3n) is 2.76. The summed E-state index contributed by atoms with van der Waals surface area (Å²) in [5.41, 5.74) is 1.44. The van der Waals surface area contributed by atoms with E-state index in [4.69, 9.17) is 0 Å². The number of carbonyl (C=O) groups excluding carboxylic acids is 1. The summed E-state index contributed by atoms with van der Waals surface area (Å²) in [7, 11) is 0. The Hall–Kier alpha value is -1.37. The highest BCUT2D eigenvalue weighted by Gasteiger charge is 2.27. The third-order valence-corrected chi connectivity index (χ3v) is 2.76. The van der Waals surface area contributed by atoms with Gasteiger partial charge in [0.15, 0.2) is 0 Å². The Morgan fingerprint density at radius 2 is 1.71 bits per heavy atom. The Morgan fingerprint density at radius 3 is 2.14 bits per heavy atom. The van der Waals surface area contributed by atoms with Crippen LogP contribution in [-0.2, 0) is 4.79 Å². The van der Waals surface area contributed by atoms with Crippen LogP contribution in [-0.4, -0.2) is 5.78 Å². The highest BCUT2D eigenvalue weighted by molar-refractivity contribution is 5.94. The Balaban J connectivity index is 3.03. The Kier molecular flexibility index (Phi) is 2.90. The minimum atomic E-state index is -0.471. The van der Waals surface area contributed by atoms with Crippen molar-refractivity contribution in [2.45, 2.75) is 20.8 Å². The van der Waals surface area contributed by atoms with Gasteiger partial charge in [-0.2, -0.15) is 0 Å². The van der Waals surface area contributed by atoms with Crippen molar-refractivity contribution >= 4 is 11.4 Å². The van der Waals surface area contributed by atoms with Crippen LogP contribution in [0.5, 0.6) is 0 Å². The summed E-state index contributed by atoms with van der Waals surface area (Å²) in [4.78, 5) is 11.4. The molecule has 1 heteroatoms. The molecule has 0 bridgehead atoms. The summed E-state index contributed by atoms with van der Waals surface area (Å²) < 4.78 is 0. The van der Waals surface area contributed by atoms with Crippen LogP contribution in [0, 0.1) is 5.41 Å². The van der Waals surface area contributed by atoms with Crippen LogP contribution in [0.15, 0.2) is 36.9 Å². The van der Waals surface area contributed by atoms with Crippen molar-refractivity contribution in [1.82, 2.24) is 0 Å². The van der Waals surface area contributed by atoms with Gasteiger partial charge in [0.2, 0.25) is 0 Å². The fraction of sp³-hybridized carbons (Fsp3) is 0.308. The number of allylic oxidation sites excluding steroid dienone is 1. The molecule has 0 amide bonds. The maximum Gasteiger partial charge on any atom is 0.139 e. The first-order valence-electron chi connectivity index (χ1n) is 4.72. The molecular formula is C13H16O.